The highest BCUT2D eigenvalue weighted by Crippen LogP contribution is 2.32. The van der Waals surface area contributed by atoms with Gasteiger partial charge in [-0.1, -0.05) is 41.9 Å². The minimum Gasteiger partial charge on any atom is -0.493 e. The molecular formula is C22H19ClFN3O2S. The molecule has 0 amide bonds. The van der Waals surface area contributed by atoms with Crippen LogP contribution in [0.4, 0.5) is 10.1 Å². The SMILES string of the molecule is COc1cccc(/C=N/NC(=S)Nc2ccccc2)c1OCc1c(F)cccc1Cl. The number of benzene rings is 3. The molecule has 0 atom stereocenters. The van der Waals surface area contributed by atoms with Gasteiger partial charge in [0.15, 0.2) is 16.6 Å². The molecule has 0 aliphatic carbocycles. The Hall–Kier alpha value is -3.16. The minimum atomic E-state index is -0.438. The highest BCUT2D eigenvalue weighted by Gasteiger charge is 2.13. The number of anilines is 1. The van der Waals surface area contributed by atoms with Crippen LogP contribution in [0.1, 0.15) is 11.1 Å². The van der Waals surface area contributed by atoms with Crippen LogP contribution in [0.3, 0.4) is 0 Å². The standard InChI is InChI=1S/C22H19ClFN3O2S/c1-28-20-12-5-7-15(13-25-27-22(30)26-16-8-3-2-4-9-16)21(20)29-14-17-18(23)10-6-11-19(17)24/h2-13H,14H2,1H3,(H2,26,27,30)/b25-13+. The largest absolute Gasteiger partial charge is 0.493 e. The van der Waals surface area contributed by atoms with Gasteiger partial charge in [0.25, 0.3) is 0 Å². The Bertz CT molecular complexity index is 1030. The summed E-state index contributed by atoms with van der Waals surface area (Å²) in [5, 5.41) is 7.79. The number of nitrogens with zero attached hydrogens (tertiary/aromatic N) is 1. The predicted molar refractivity (Wildman–Crippen MR) is 122 cm³/mol. The van der Waals surface area contributed by atoms with E-state index in [0.717, 1.165) is 5.69 Å². The van der Waals surface area contributed by atoms with Crippen LogP contribution in [0.2, 0.25) is 5.02 Å². The predicted octanol–water partition coefficient (Wildman–Crippen LogP) is 5.39. The molecule has 0 aliphatic heterocycles. The molecule has 3 aromatic carbocycles. The van der Waals surface area contributed by atoms with E-state index in [1.54, 1.807) is 36.5 Å². The van der Waals surface area contributed by atoms with Crippen LogP contribution >= 0.6 is 23.8 Å². The monoisotopic (exact) mass is 443 g/mol. The van der Waals surface area contributed by atoms with Crippen molar-refractivity contribution in [2.45, 2.75) is 6.61 Å². The molecule has 0 aliphatic rings. The van der Waals surface area contributed by atoms with Crippen LogP contribution in [0, 0.1) is 5.82 Å². The van der Waals surface area contributed by atoms with Gasteiger partial charge < -0.3 is 14.8 Å². The molecule has 0 bridgehead atoms. The van der Waals surface area contributed by atoms with Crippen molar-refractivity contribution in [2.75, 3.05) is 12.4 Å². The molecule has 5 nitrogen and oxygen atoms in total. The second kappa shape index (κ2) is 10.6. The summed E-state index contributed by atoms with van der Waals surface area (Å²) in [7, 11) is 1.52. The molecule has 0 aromatic heterocycles. The van der Waals surface area contributed by atoms with E-state index in [9.17, 15) is 4.39 Å². The van der Waals surface area contributed by atoms with Crippen LogP contribution < -0.4 is 20.2 Å². The first-order valence-corrected chi connectivity index (χ1v) is 9.75. The first-order chi connectivity index (χ1) is 14.6. The van der Waals surface area contributed by atoms with E-state index >= 15 is 0 Å². The molecule has 0 heterocycles. The highest BCUT2D eigenvalue weighted by molar-refractivity contribution is 7.80. The number of hydrazone groups is 1. The highest BCUT2D eigenvalue weighted by atomic mass is 35.5. The smallest absolute Gasteiger partial charge is 0.191 e. The summed E-state index contributed by atoms with van der Waals surface area (Å²) in [6, 6.07) is 19.3. The summed E-state index contributed by atoms with van der Waals surface area (Å²) in [4.78, 5) is 0. The van der Waals surface area contributed by atoms with E-state index in [1.807, 2.05) is 30.3 Å². The number of hydrogen-bond donors (Lipinski definition) is 2. The molecule has 3 aromatic rings. The molecule has 30 heavy (non-hydrogen) atoms. The Balaban J connectivity index is 1.72. The molecule has 0 fully saturated rings. The van der Waals surface area contributed by atoms with Crippen molar-refractivity contribution in [3.05, 3.63) is 88.7 Å². The fraction of sp³-hybridized carbons (Fsp3) is 0.0909. The maximum Gasteiger partial charge on any atom is 0.191 e. The Morgan fingerprint density at radius 2 is 1.87 bits per heavy atom. The Kier molecular flexibility index (Phi) is 7.59. The first kappa shape index (κ1) is 21.5. The van der Waals surface area contributed by atoms with E-state index in [4.69, 9.17) is 33.3 Å². The number of ether oxygens (including phenoxy) is 2. The molecule has 154 valence electrons. The van der Waals surface area contributed by atoms with Gasteiger partial charge in [0, 0.05) is 16.8 Å². The lowest BCUT2D eigenvalue weighted by atomic mass is 10.2. The maximum absolute atomic E-state index is 14.1. The number of para-hydroxylation sites is 2. The summed E-state index contributed by atoms with van der Waals surface area (Å²) in [6.07, 6.45) is 1.54. The quantitative estimate of drug-likeness (QED) is 0.291. The van der Waals surface area contributed by atoms with Gasteiger partial charge in [0.1, 0.15) is 12.4 Å². The van der Waals surface area contributed by atoms with E-state index in [2.05, 4.69) is 15.8 Å². The zero-order valence-electron chi connectivity index (χ0n) is 16.1. The molecule has 0 saturated heterocycles. The molecule has 8 heteroatoms. The van der Waals surface area contributed by atoms with Crippen LogP contribution in [0.5, 0.6) is 11.5 Å². The van der Waals surface area contributed by atoms with Crippen LogP contribution in [0.25, 0.3) is 0 Å². The van der Waals surface area contributed by atoms with Gasteiger partial charge in [0.05, 0.1) is 18.3 Å². The maximum atomic E-state index is 14.1. The number of halogens is 2. The van der Waals surface area contributed by atoms with Crippen LogP contribution in [0.15, 0.2) is 71.8 Å². The van der Waals surface area contributed by atoms with E-state index in [-0.39, 0.29) is 12.2 Å². The second-order valence-corrected chi connectivity index (χ2v) is 6.87. The number of thiocarbonyl (C=S) groups is 1. The van der Waals surface area contributed by atoms with Crippen molar-refractivity contribution in [3.63, 3.8) is 0 Å². The average Bonchev–Trinajstić information content (AvgIpc) is 2.74. The molecule has 2 N–H and O–H groups in total. The van der Waals surface area contributed by atoms with E-state index in [1.165, 1.54) is 13.2 Å². The number of nitrogens with one attached hydrogen (secondary N) is 2. The number of hydrogen-bond acceptors (Lipinski definition) is 4. The van der Waals surface area contributed by atoms with Gasteiger partial charge in [-0.3, -0.25) is 5.43 Å². The average molecular weight is 444 g/mol. The molecule has 0 saturated carbocycles. The lowest BCUT2D eigenvalue weighted by Gasteiger charge is -2.14. The summed E-state index contributed by atoms with van der Waals surface area (Å²) < 4.78 is 25.3. The Morgan fingerprint density at radius 1 is 1.10 bits per heavy atom. The molecule has 0 spiro atoms. The second-order valence-electron chi connectivity index (χ2n) is 6.06. The van der Waals surface area contributed by atoms with Gasteiger partial charge in [-0.2, -0.15) is 5.10 Å². The molecular weight excluding hydrogens is 425 g/mol. The first-order valence-electron chi connectivity index (χ1n) is 8.96. The topological polar surface area (TPSA) is 54.9 Å². The lowest BCUT2D eigenvalue weighted by molar-refractivity contribution is 0.279. The van der Waals surface area contributed by atoms with E-state index in [0.29, 0.717) is 27.2 Å². The fourth-order valence-corrected chi connectivity index (χ4v) is 2.99. The lowest BCUT2D eigenvalue weighted by Crippen LogP contribution is -2.23. The Morgan fingerprint density at radius 3 is 2.60 bits per heavy atom. The summed E-state index contributed by atoms with van der Waals surface area (Å²) >= 11 is 11.3. The Labute approximate surface area is 184 Å². The third-order valence-electron chi connectivity index (χ3n) is 4.05. The van der Waals surface area contributed by atoms with Crippen LogP contribution in [-0.2, 0) is 6.61 Å². The van der Waals surface area contributed by atoms with Gasteiger partial charge in [0.2, 0.25) is 0 Å². The van der Waals surface area contributed by atoms with Crippen molar-refractivity contribution >= 4 is 40.8 Å². The molecule has 3 rings (SSSR count). The van der Waals surface area contributed by atoms with Gasteiger partial charge >= 0.3 is 0 Å². The van der Waals surface area contributed by atoms with Gasteiger partial charge in [-0.25, -0.2) is 4.39 Å². The van der Waals surface area contributed by atoms with Crippen molar-refractivity contribution in [1.29, 1.82) is 0 Å². The van der Waals surface area contributed by atoms with Gasteiger partial charge in [-0.15, -0.1) is 0 Å². The third kappa shape index (κ3) is 5.68. The van der Waals surface area contributed by atoms with Gasteiger partial charge in [-0.05, 0) is 48.6 Å². The minimum absolute atomic E-state index is 0.0614. The zero-order valence-corrected chi connectivity index (χ0v) is 17.6. The van der Waals surface area contributed by atoms with E-state index < -0.39 is 5.82 Å². The summed E-state index contributed by atoms with van der Waals surface area (Å²) in [6.45, 7) is -0.0614. The van der Waals surface area contributed by atoms with Crippen LogP contribution in [-0.4, -0.2) is 18.4 Å². The summed E-state index contributed by atoms with van der Waals surface area (Å²) in [5.74, 6) is 0.454. The summed E-state index contributed by atoms with van der Waals surface area (Å²) in [5.41, 5.74) is 4.48. The third-order valence-corrected chi connectivity index (χ3v) is 4.60. The molecule has 0 unspecified atom stereocenters. The van der Waals surface area contributed by atoms with Crippen molar-refractivity contribution < 1.29 is 13.9 Å². The number of methoxy groups -OCH3 is 1. The van der Waals surface area contributed by atoms with Crippen molar-refractivity contribution in [2.24, 2.45) is 5.10 Å². The number of rotatable bonds is 7. The normalized spacial score (nSPS) is 10.6. The fourth-order valence-electron chi connectivity index (χ4n) is 2.61. The van der Waals surface area contributed by atoms with Crippen molar-refractivity contribution in [1.82, 2.24) is 5.43 Å². The molecule has 0 radical (unpaired) electrons. The zero-order chi connectivity index (χ0) is 21.3. The van der Waals surface area contributed by atoms with Crippen molar-refractivity contribution in [3.8, 4) is 11.5 Å².